The maximum atomic E-state index is 12.7. The molecule has 0 saturated heterocycles. The second kappa shape index (κ2) is 7.43. The van der Waals surface area contributed by atoms with Crippen molar-refractivity contribution >= 4 is 34.2 Å². The number of ether oxygens (including phenoxy) is 1. The number of anilines is 1. The number of methoxy groups -OCH3 is 1. The van der Waals surface area contributed by atoms with Gasteiger partial charge in [-0.25, -0.2) is 4.98 Å². The largest absolute Gasteiger partial charge is 0.381 e. The van der Waals surface area contributed by atoms with E-state index in [9.17, 15) is 4.79 Å². The van der Waals surface area contributed by atoms with Gasteiger partial charge in [0.05, 0.1) is 28.9 Å². The number of halogens is 1. The highest BCUT2D eigenvalue weighted by Gasteiger charge is 2.32. The van der Waals surface area contributed by atoms with Crippen molar-refractivity contribution < 1.29 is 9.53 Å². The van der Waals surface area contributed by atoms with E-state index >= 15 is 0 Å². The third-order valence-electron chi connectivity index (χ3n) is 6.24. The zero-order valence-electron chi connectivity index (χ0n) is 16.3. The van der Waals surface area contributed by atoms with Crippen LogP contribution in [0.1, 0.15) is 31.4 Å². The van der Waals surface area contributed by atoms with Gasteiger partial charge in [-0.05, 0) is 43.7 Å². The first-order chi connectivity index (χ1) is 14.1. The molecule has 0 bridgehead atoms. The molecule has 4 heterocycles. The van der Waals surface area contributed by atoms with E-state index in [2.05, 4.69) is 21.0 Å². The first-order valence-electron chi connectivity index (χ1n) is 10.1. The number of aromatic amines is 1. The molecule has 1 aliphatic carbocycles. The maximum absolute atomic E-state index is 12.7. The molecule has 5 rings (SSSR count). The second-order valence-electron chi connectivity index (χ2n) is 8.01. The van der Waals surface area contributed by atoms with Crippen molar-refractivity contribution in [1.82, 2.24) is 15.0 Å². The van der Waals surface area contributed by atoms with Crippen LogP contribution in [-0.2, 0) is 16.0 Å². The molecule has 0 aromatic carbocycles. The first-order valence-corrected chi connectivity index (χ1v) is 10.4. The van der Waals surface area contributed by atoms with Gasteiger partial charge >= 0.3 is 0 Å². The molecule has 1 amide bonds. The summed E-state index contributed by atoms with van der Waals surface area (Å²) >= 11 is 6.25. The molecule has 0 unspecified atom stereocenters. The Hall–Kier alpha value is -2.44. The topological polar surface area (TPSA) is 71.1 Å². The van der Waals surface area contributed by atoms with E-state index in [1.165, 1.54) is 0 Å². The zero-order chi connectivity index (χ0) is 20.0. The number of aromatic nitrogens is 3. The lowest BCUT2D eigenvalue weighted by atomic mass is 9.87. The summed E-state index contributed by atoms with van der Waals surface area (Å²) in [5.74, 6) is 0.650. The number of carbonyl (C=O) groups is 1. The smallest absolute Gasteiger partial charge is 0.233 e. The number of fused-ring (bicyclic) bond motifs is 2. The van der Waals surface area contributed by atoms with Gasteiger partial charge in [-0.2, -0.15) is 0 Å². The average Bonchev–Trinajstić information content (AvgIpc) is 3.27. The summed E-state index contributed by atoms with van der Waals surface area (Å²) in [6.07, 6.45) is 10.4. The Labute approximate surface area is 174 Å². The van der Waals surface area contributed by atoms with Crippen LogP contribution < -0.4 is 4.90 Å². The molecular formula is C22H23ClN4O2. The Morgan fingerprint density at radius 3 is 2.72 bits per heavy atom. The molecule has 1 saturated carbocycles. The quantitative estimate of drug-likeness (QED) is 0.693. The van der Waals surface area contributed by atoms with E-state index in [4.69, 9.17) is 16.3 Å². The van der Waals surface area contributed by atoms with Gasteiger partial charge in [0.15, 0.2) is 0 Å². The Bertz CT molecular complexity index is 1070. The van der Waals surface area contributed by atoms with Gasteiger partial charge in [0, 0.05) is 48.8 Å². The van der Waals surface area contributed by atoms with Crippen LogP contribution in [0.2, 0.25) is 5.02 Å². The number of nitrogens with zero attached hydrogens (tertiary/aromatic N) is 3. The fraction of sp³-hybridized carbons (Fsp3) is 0.409. The number of carbonyl (C=O) groups excluding carboxylic acids is 1. The number of pyridine rings is 2. The van der Waals surface area contributed by atoms with Gasteiger partial charge in [-0.1, -0.05) is 11.6 Å². The van der Waals surface area contributed by atoms with Gasteiger partial charge in [-0.3, -0.25) is 9.78 Å². The summed E-state index contributed by atoms with van der Waals surface area (Å²) in [6, 6.07) is 4.08. The van der Waals surface area contributed by atoms with Crippen LogP contribution >= 0.6 is 11.6 Å². The van der Waals surface area contributed by atoms with Gasteiger partial charge < -0.3 is 14.6 Å². The first kappa shape index (κ1) is 18.6. The van der Waals surface area contributed by atoms with E-state index in [1.54, 1.807) is 13.3 Å². The molecule has 0 spiro atoms. The maximum Gasteiger partial charge on any atom is 0.233 e. The minimum absolute atomic E-state index is 0.140. The van der Waals surface area contributed by atoms with Crippen LogP contribution in [-0.4, -0.2) is 40.6 Å². The summed E-state index contributed by atoms with van der Waals surface area (Å²) < 4.78 is 5.48. The third-order valence-corrected chi connectivity index (χ3v) is 6.55. The number of hydrogen-bond donors (Lipinski definition) is 1. The lowest BCUT2D eigenvalue weighted by Gasteiger charge is -2.30. The van der Waals surface area contributed by atoms with Crippen LogP contribution in [0.5, 0.6) is 0 Å². The zero-order valence-corrected chi connectivity index (χ0v) is 17.1. The Balaban J connectivity index is 1.42. The summed E-state index contributed by atoms with van der Waals surface area (Å²) in [5, 5.41) is 1.53. The highest BCUT2D eigenvalue weighted by molar-refractivity contribution is 6.35. The highest BCUT2D eigenvalue weighted by Crippen LogP contribution is 2.35. The van der Waals surface area contributed by atoms with E-state index in [0.717, 1.165) is 65.8 Å². The van der Waals surface area contributed by atoms with E-state index < -0.39 is 0 Å². The molecule has 150 valence electrons. The average molecular weight is 411 g/mol. The highest BCUT2D eigenvalue weighted by atomic mass is 35.5. The molecule has 6 nitrogen and oxygen atoms in total. The fourth-order valence-electron chi connectivity index (χ4n) is 4.52. The van der Waals surface area contributed by atoms with Crippen LogP contribution in [0.25, 0.3) is 22.2 Å². The number of H-pyrrole nitrogens is 1. The molecule has 2 aliphatic rings. The minimum Gasteiger partial charge on any atom is -0.381 e. The predicted molar refractivity (Wildman–Crippen MR) is 113 cm³/mol. The molecule has 1 N–H and O–H groups in total. The third kappa shape index (κ3) is 3.40. The fourth-order valence-corrected chi connectivity index (χ4v) is 4.72. The molecule has 1 fully saturated rings. The van der Waals surface area contributed by atoms with Crippen LogP contribution in [0.15, 0.2) is 30.7 Å². The van der Waals surface area contributed by atoms with E-state index in [0.29, 0.717) is 23.5 Å². The molecule has 3 aromatic rings. The number of rotatable bonds is 4. The van der Waals surface area contributed by atoms with Gasteiger partial charge in [0.2, 0.25) is 5.91 Å². The van der Waals surface area contributed by atoms with Gasteiger partial charge in [0.25, 0.3) is 0 Å². The SMILES string of the molecule is COC1CCC(CN2C(=O)Cc3ncc(-c4cnc5[nH]cc(Cl)c5c4)cc32)CC1. The molecular weight excluding hydrogens is 388 g/mol. The van der Waals surface area contributed by atoms with Crippen molar-refractivity contribution in [2.75, 3.05) is 18.6 Å². The molecule has 0 atom stereocenters. The summed E-state index contributed by atoms with van der Waals surface area (Å²) in [4.78, 5) is 26.7. The molecule has 3 aromatic heterocycles. The molecule has 0 radical (unpaired) electrons. The van der Waals surface area contributed by atoms with Crippen LogP contribution in [0.3, 0.4) is 0 Å². The van der Waals surface area contributed by atoms with Gasteiger partial charge in [-0.15, -0.1) is 0 Å². The monoisotopic (exact) mass is 410 g/mol. The second-order valence-corrected chi connectivity index (χ2v) is 8.41. The summed E-state index contributed by atoms with van der Waals surface area (Å²) in [7, 11) is 1.78. The van der Waals surface area contributed by atoms with Gasteiger partial charge in [0.1, 0.15) is 5.65 Å². The minimum atomic E-state index is 0.140. The Morgan fingerprint density at radius 1 is 1.17 bits per heavy atom. The van der Waals surface area contributed by atoms with Crippen molar-refractivity contribution in [3.63, 3.8) is 0 Å². The van der Waals surface area contributed by atoms with Crippen molar-refractivity contribution in [2.24, 2.45) is 5.92 Å². The number of nitrogens with one attached hydrogen (secondary N) is 1. The summed E-state index contributed by atoms with van der Waals surface area (Å²) in [6.45, 7) is 0.758. The van der Waals surface area contributed by atoms with Crippen molar-refractivity contribution in [3.05, 3.63) is 41.4 Å². The molecule has 7 heteroatoms. The normalized spacial score (nSPS) is 21.7. The van der Waals surface area contributed by atoms with E-state index in [1.807, 2.05) is 23.4 Å². The lowest BCUT2D eigenvalue weighted by Crippen LogP contribution is -2.34. The van der Waals surface area contributed by atoms with E-state index in [-0.39, 0.29) is 5.91 Å². The Morgan fingerprint density at radius 2 is 1.93 bits per heavy atom. The van der Waals surface area contributed by atoms with Crippen molar-refractivity contribution in [2.45, 2.75) is 38.2 Å². The Kier molecular flexibility index (Phi) is 4.76. The lowest BCUT2D eigenvalue weighted by molar-refractivity contribution is -0.117. The van der Waals surface area contributed by atoms with Crippen LogP contribution in [0, 0.1) is 5.92 Å². The van der Waals surface area contributed by atoms with Crippen molar-refractivity contribution in [3.8, 4) is 11.1 Å². The molecule has 29 heavy (non-hydrogen) atoms. The summed E-state index contributed by atoms with van der Waals surface area (Å²) in [5.41, 5.74) is 4.43. The van der Waals surface area contributed by atoms with Crippen LogP contribution in [0.4, 0.5) is 5.69 Å². The number of hydrogen-bond acceptors (Lipinski definition) is 4. The molecule has 1 aliphatic heterocycles. The van der Waals surface area contributed by atoms with Crippen molar-refractivity contribution in [1.29, 1.82) is 0 Å². The standard InChI is InChI=1S/C22H23ClN4O2/c1-29-16-4-2-13(3-5-16)12-27-20-7-15(9-24-19(20)8-21(27)28)14-6-17-18(23)11-26-22(17)25-10-14/h6-7,9-11,13,16H,2-5,8,12H2,1H3,(H,25,26). The number of amides is 1. The predicted octanol–water partition coefficient (Wildman–Crippen LogP) is 4.37.